The van der Waals surface area contributed by atoms with E-state index in [1.165, 1.54) is 10.4 Å². The van der Waals surface area contributed by atoms with Crippen LogP contribution >= 0.6 is 11.3 Å². The Kier molecular flexibility index (Phi) is 5.14. The summed E-state index contributed by atoms with van der Waals surface area (Å²) in [5.41, 5.74) is 1.31. The molecular weight excluding hydrogens is 323 g/mol. The number of benzene rings is 1. The highest BCUT2D eigenvalue weighted by atomic mass is 32.1. The molecule has 1 aromatic heterocycles. The van der Waals surface area contributed by atoms with Crippen LogP contribution in [0.1, 0.15) is 35.2 Å². The molecule has 0 spiro atoms. The minimum atomic E-state index is -0.184. The summed E-state index contributed by atoms with van der Waals surface area (Å²) in [6.45, 7) is 6.30. The molecule has 0 saturated heterocycles. The van der Waals surface area contributed by atoms with Crippen molar-refractivity contribution in [2.24, 2.45) is 4.99 Å². The van der Waals surface area contributed by atoms with Crippen molar-refractivity contribution < 1.29 is 4.39 Å². The first kappa shape index (κ1) is 16.9. The number of guanidine groups is 1. The lowest BCUT2D eigenvalue weighted by Gasteiger charge is -2.19. The number of aliphatic imine (C=N–C) groups is 1. The fourth-order valence-electron chi connectivity index (χ4n) is 2.74. The van der Waals surface area contributed by atoms with Crippen LogP contribution in [0.2, 0.25) is 0 Å². The summed E-state index contributed by atoms with van der Waals surface area (Å²) in [5, 5.41) is 7.73. The molecule has 1 aromatic carbocycles. The lowest BCUT2D eigenvalue weighted by atomic mass is 9.96. The van der Waals surface area contributed by atoms with Gasteiger partial charge in [-0.2, -0.15) is 0 Å². The van der Waals surface area contributed by atoms with Crippen molar-refractivity contribution in [3.63, 3.8) is 0 Å². The van der Waals surface area contributed by atoms with Gasteiger partial charge in [-0.25, -0.2) is 14.4 Å². The van der Waals surface area contributed by atoms with Crippen LogP contribution in [-0.2, 0) is 12.0 Å². The zero-order valence-corrected chi connectivity index (χ0v) is 14.9. The number of aromatic nitrogens is 1. The molecule has 4 nitrogen and oxygen atoms in total. The number of nitrogens with one attached hydrogen (secondary N) is 2. The molecule has 2 N–H and O–H groups in total. The highest BCUT2D eigenvalue weighted by molar-refractivity contribution is 7.11. The first-order valence-corrected chi connectivity index (χ1v) is 9.12. The quantitative estimate of drug-likeness (QED) is 0.623. The Morgan fingerprint density at radius 2 is 2.04 bits per heavy atom. The summed E-state index contributed by atoms with van der Waals surface area (Å²) >= 11 is 1.67. The molecule has 0 atom stereocenters. The van der Waals surface area contributed by atoms with Crippen LogP contribution in [0.15, 0.2) is 35.5 Å². The predicted molar refractivity (Wildman–Crippen MR) is 97.0 cm³/mol. The average Bonchev–Trinajstić information content (AvgIpc) is 3.25. The molecule has 0 bridgehead atoms. The molecule has 0 aliphatic heterocycles. The van der Waals surface area contributed by atoms with Gasteiger partial charge < -0.3 is 10.6 Å². The Morgan fingerprint density at radius 1 is 1.29 bits per heavy atom. The smallest absolute Gasteiger partial charge is 0.191 e. The van der Waals surface area contributed by atoms with Crippen LogP contribution < -0.4 is 10.6 Å². The van der Waals surface area contributed by atoms with Gasteiger partial charge in [-0.3, -0.25) is 0 Å². The number of nitrogens with zero attached hydrogens (tertiary/aromatic N) is 2. The molecule has 1 aliphatic carbocycles. The number of thiazole rings is 1. The standard InChI is InChI=1S/C18H23FN4S/c1-3-20-17(22-11-16-21-10-13(2)24-16)23-12-18(8-9-18)14-4-6-15(19)7-5-14/h4-7,10H,3,8-9,11-12H2,1-2H3,(H2,20,22,23). The van der Waals surface area contributed by atoms with E-state index in [1.807, 2.05) is 25.3 Å². The van der Waals surface area contributed by atoms with E-state index in [1.54, 1.807) is 23.5 Å². The predicted octanol–water partition coefficient (Wildman–Crippen LogP) is 3.38. The maximum Gasteiger partial charge on any atom is 0.191 e. The molecule has 1 fully saturated rings. The van der Waals surface area contributed by atoms with E-state index in [-0.39, 0.29) is 11.2 Å². The molecule has 0 unspecified atom stereocenters. The van der Waals surface area contributed by atoms with Crippen molar-refractivity contribution in [1.29, 1.82) is 0 Å². The van der Waals surface area contributed by atoms with E-state index >= 15 is 0 Å². The van der Waals surface area contributed by atoms with Gasteiger partial charge in [0.1, 0.15) is 10.8 Å². The van der Waals surface area contributed by atoms with Crippen molar-refractivity contribution in [2.75, 3.05) is 13.1 Å². The number of aryl methyl sites for hydroxylation is 1. The lowest BCUT2D eigenvalue weighted by Crippen LogP contribution is -2.41. The highest BCUT2D eigenvalue weighted by Gasteiger charge is 2.44. The van der Waals surface area contributed by atoms with E-state index in [0.29, 0.717) is 6.54 Å². The third-order valence-electron chi connectivity index (χ3n) is 4.29. The third kappa shape index (κ3) is 4.12. The topological polar surface area (TPSA) is 49.3 Å². The van der Waals surface area contributed by atoms with Crippen LogP contribution in [0, 0.1) is 12.7 Å². The maximum absolute atomic E-state index is 13.1. The van der Waals surface area contributed by atoms with Gasteiger partial charge in [0.2, 0.25) is 0 Å². The van der Waals surface area contributed by atoms with Gasteiger partial charge in [0.05, 0.1) is 6.54 Å². The summed E-state index contributed by atoms with van der Waals surface area (Å²) in [6.07, 6.45) is 4.12. The van der Waals surface area contributed by atoms with Gasteiger partial charge in [0, 0.05) is 29.6 Å². The van der Waals surface area contributed by atoms with Gasteiger partial charge in [-0.1, -0.05) is 12.1 Å². The second-order valence-electron chi connectivity index (χ2n) is 6.20. The van der Waals surface area contributed by atoms with Gasteiger partial charge in [0.15, 0.2) is 5.96 Å². The molecule has 0 radical (unpaired) electrons. The molecule has 1 heterocycles. The Balaban J connectivity index is 1.62. The van der Waals surface area contributed by atoms with Gasteiger partial charge in [-0.15, -0.1) is 11.3 Å². The van der Waals surface area contributed by atoms with Crippen LogP contribution in [0.5, 0.6) is 0 Å². The fourth-order valence-corrected chi connectivity index (χ4v) is 3.45. The molecule has 1 aliphatic rings. The second-order valence-corrected chi connectivity index (χ2v) is 7.52. The zero-order valence-electron chi connectivity index (χ0n) is 14.1. The van der Waals surface area contributed by atoms with Crippen molar-refractivity contribution in [3.8, 4) is 0 Å². The lowest BCUT2D eigenvalue weighted by molar-refractivity contribution is 0.617. The van der Waals surface area contributed by atoms with E-state index in [4.69, 9.17) is 0 Å². The minimum absolute atomic E-state index is 0.113. The van der Waals surface area contributed by atoms with E-state index in [0.717, 1.165) is 36.9 Å². The SMILES string of the molecule is CCNC(=NCc1ncc(C)s1)NCC1(c2ccc(F)cc2)CC1. The Morgan fingerprint density at radius 3 is 2.62 bits per heavy atom. The van der Waals surface area contributed by atoms with Crippen LogP contribution in [0.4, 0.5) is 4.39 Å². The fraction of sp³-hybridized carbons (Fsp3) is 0.444. The summed E-state index contributed by atoms with van der Waals surface area (Å²) in [7, 11) is 0. The average molecular weight is 346 g/mol. The van der Waals surface area contributed by atoms with Gasteiger partial charge >= 0.3 is 0 Å². The van der Waals surface area contributed by atoms with E-state index in [9.17, 15) is 4.39 Å². The van der Waals surface area contributed by atoms with Crippen LogP contribution in [0.3, 0.4) is 0 Å². The first-order valence-electron chi connectivity index (χ1n) is 8.31. The summed E-state index contributed by atoms with van der Waals surface area (Å²) < 4.78 is 13.1. The molecule has 0 amide bonds. The second kappa shape index (κ2) is 7.30. The van der Waals surface area contributed by atoms with Crippen LogP contribution in [-0.4, -0.2) is 24.0 Å². The molecular formula is C18H23FN4S. The number of halogens is 1. The Bertz CT molecular complexity index is 704. The molecule has 128 valence electrons. The van der Waals surface area contributed by atoms with E-state index < -0.39 is 0 Å². The minimum Gasteiger partial charge on any atom is -0.357 e. The van der Waals surface area contributed by atoms with Crippen molar-refractivity contribution in [2.45, 2.75) is 38.6 Å². The van der Waals surface area contributed by atoms with Crippen molar-refractivity contribution in [3.05, 3.63) is 51.7 Å². The molecule has 3 rings (SSSR count). The summed E-state index contributed by atoms with van der Waals surface area (Å²) in [6, 6.07) is 6.87. The Hall–Kier alpha value is -1.95. The molecule has 24 heavy (non-hydrogen) atoms. The van der Waals surface area contributed by atoms with Crippen molar-refractivity contribution >= 4 is 17.3 Å². The van der Waals surface area contributed by atoms with E-state index in [2.05, 4.69) is 27.5 Å². The van der Waals surface area contributed by atoms with Crippen molar-refractivity contribution in [1.82, 2.24) is 15.6 Å². The number of hydrogen-bond acceptors (Lipinski definition) is 3. The molecule has 1 saturated carbocycles. The normalized spacial score (nSPS) is 16.0. The maximum atomic E-state index is 13.1. The molecule has 2 aromatic rings. The summed E-state index contributed by atoms with van der Waals surface area (Å²) in [5.74, 6) is 0.620. The Labute approximate surface area is 146 Å². The monoisotopic (exact) mass is 346 g/mol. The third-order valence-corrected chi connectivity index (χ3v) is 5.19. The van der Waals surface area contributed by atoms with Crippen LogP contribution in [0.25, 0.3) is 0 Å². The highest BCUT2D eigenvalue weighted by Crippen LogP contribution is 2.47. The number of hydrogen-bond donors (Lipinski definition) is 2. The van der Waals surface area contributed by atoms with Gasteiger partial charge in [0.25, 0.3) is 0 Å². The zero-order chi connectivity index (χ0) is 17.0. The summed E-state index contributed by atoms with van der Waals surface area (Å²) in [4.78, 5) is 10.2. The largest absolute Gasteiger partial charge is 0.357 e. The van der Waals surface area contributed by atoms with Gasteiger partial charge in [-0.05, 0) is 44.4 Å². The molecule has 6 heteroatoms. The number of rotatable bonds is 6. The first-order chi connectivity index (χ1) is 11.6.